The van der Waals surface area contributed by atoms with Crippen LogP contribution in [0.25, 0.3) is 11.4 Å². The van der Waals surface area contributed by atoms with Gasteiger partial charge in [-0.3, -0.25) is 4.79 Å². The molecule has 1 aliphatic rings. The number of hydrogen-bond acceptors (Lipinski definition) is 7. The van der Waals surface area contributed by atoms with Crippen molar-refractivity contribution in [3.63, 3.8) is 0 Å². The van der Waals surface area contributed by atoms with Crippen molar-refractivity contribution in [3.05, 3.63) is 46.9 Å². The second-order valence-electron chi connectivity index (χ2n) is 7.68. The third-order valence-electron chi connectivity index (χ3n) is 5.39. The number of nitrogens with zero attached hydrogens (tertiary/aromatic N) is 3. The highest BCUT2D eigenvalue weighted by Gasteiger charge is 2.34. The number of hydrogen-bond donors (Lipinski definition) is 1. The number of anilines is 1. The zero-order valence-electron chi connectivity index (χ0n) is 17.7. The molecule has 170 valence electrons. The number of sulfonamides is 1. The van der Waals surface area contributed by atoms with Gasteiger partial charge in [0.1, 0.15) is 10.0 Å². The average molecular weight is 479 g/mol. The predicted octanol–water partition coefficient (Wildman–Crippen LogP) is 3.85. The van der Waals surface area contributed by atoms with Crippen LogP contribution in [0.3, 0.4) is 0 Å². The molecule has 0 radical (unpaired) electrons. The van der Waals surface area contributed by atoms with Gasteiger partial charge in [-0.25, -0.2) is 12.8 Å². The van der Waals surface area contributed by atoms with Crippen molar-refractivity contribution in [2.24, 2.45) is 5.92 Å². The quantitative estimate of drug-likeness (QED) is 0.577. The van der Waals surface area contributed by atoms with E-state index in [1.807, 2.05) is 6.92 Å². The molecular formula is C21H23FN4O4S2. The molecule has 4 rings (SSSR count). The summed E-state index contributed by atoms with van der Waals surface area (Å²) in [6.07, 6.45) is 1.71. The fraction of sp³-hybridized carbons (Fsp3) is 0.381. The largest absolute Gasteiger partial charge is 0.339 e. The molecule has 0 saturated carbocycles. The first-order chi connectivity index (χ1) is 15.3. The number of piperidine rings is 1. The summed E-state index contributed by atoms with van der Waals surface area (Å²) < 4.78 is 46.8. The molecule has 1 saturated heterocycles. The lowest BCUT2D eigenvalue weighted by atomic mass is 9.98. The monoisotopic (exact) mass is 478 g/mol. The Labute approximate surface area is 189 Å². The van der Waals surface area contributed by atoms with Gasteiger partial charge >= 0.3 is 0 Å². The van der Waals surface area contributed by atoms with E-state index < -0.39 is 21.8 Å². The fourth-order valence-corrected chi connectivity index (χ4v) is 6.34. The minimum absolute atomic E-state index is 0.0674. The SMILES string of the molecule is CCc1nc(-c2csc(S(=O)(=O)N3CCC[C@H](C(=O)Nc4ccc(C)c(F)c4)C3)c2)no1. The van der Waals surface area contributed by atoms with Crippen molar-refractivity contribution in [2.75, 3.05) is 18.4 Å². The molecular weight excluding hydrogens is 455 g/mol. The van der Waals surface area contributed by atoms with E-state index in [9.17, 15) is 17.6 Å². The maximum atomic E-state index is 13.8. The van der Waals surface area contributed by atoms with Crippen molar-refractivity contribution in [3.8, 4) is 11.4 Å². The molecule has 0 unspecified atom stereocenters. The summed E-state index contributed by atoms with van der Waals surface area (Å²) in [5, 5.41) is 8.26. The van der Waals surface area contributed by atoms with Crippen LogP contribution in [0.15, 0.2) is 38.4 Å². The number of nitrogens with one attached hydrogen (secondary N) is 1. The highest BCUT2D eigenvalue weighted by Crippen LogP contribution is 2.31. The van der Waals surface area contributed by atoms with Gasteiger partial charge in [0.05, 0.1) is 5.92 Å². The normalized spacial score (nSPS) is 17.4. The minimum Gasteiger partial charge on any atom is -0.339 e. The van der Waals surface area contributed by atoms with Gasteiger partial charge in [-0.2, -0.15) is 9.29 Å². The summed E-state index contributed by atoms with van der Waals surface area (Å²) in [5.74, 6) is -0.419. The Morgan fingerprint density at radius 2 is 2.19 bits per heavy atom. The van der Waals surface area contributed by atoms with Crippen molar-refractivity contribution < 1.29 is 22.1 Å². The van der Waals surface area contributed by atoms with Crippen LogP contribution >= 0.6 is 11.3 Å². The summed E-state index contributed by atoms with van der Waals surface area (Å²) in [5.41, 5.74) is 1.41. The fourth-order valence-electron chi connectivity index (χ4n) is 3.50. The van der Waals surface area contributed by atoms with Crippen LogP contribution in [0.1, 0.15) is 31.2 Å². The summed E-state index contributed by atoms with van der Waals surface area (Å²) in [6, 6.07) is 6.01. The second kappa shape index (κ2) is 9.08. The van der Waals surface area contributed by atoms with E-state index >= 15 is 0 Å². The summed E-state index contributed by atoms with van der Waals surface area (Å²) in [7, 11) is -3.77. The third-order valence-corrected chi connectivity index (χ3v) is 8.67. The Hall–Kier alpha value is -2.63. The number of carbonyl (C=O) groups excluding carboxylic acids is 1. The van der Waals surface area contributed by atoms with Gasteiger partial charge < -0.3 is 9.84 Å². The molecule has 0 aliphatic carbocycles. The molecule has 11 heteroatoms. The number of halogens is 1. The van der Waals surface area contributed by atoms with Crippen LogP contribution in [0.2, 0.25) is 0 Å². The van der Waals surface area contributed by atoms with Crippen molar-refractivity contribution in [1.29, 1.82) is 0 Å². The molecule has 1 aliphatic heterocycles. The van der Waals surface area contributed by atoms with E-state index in [4.69, 9.17) is 4.52 Å². The lowest BCUT2D eigenvalue weighted by Crippen LogP contribution is -2.43. The Bertz CT molecular complexity index is 1240. The first-order valence-electron chi connectivity index (χ1n) is 10.3. The van der Waals surface area contributed by atoms with E-state index in [1.54, 1.807) is 24.4 Å². The number of thiophene rings is 1. The zero-order chi connectivity index (χ0) is 22.9. The first-order valence-corrected chi connectivity index (χ1v) is 12.6. The van der Waals surface area contributed by atoms with Gasteiger partial charge in [0.15, 0.2) is 0 Å². The zero-order valence-corrected chi connectivity index (χ0v) is 19.3. The lowest BCUT2D eigenvalue weighted by molar-refractivity contribution is -0.120. The van der Waals surface area contributed by atoms with E-state index in [0.29, 0.717) is 54.3 Å². The topological polar surface area (TPSA) is 105 Å². The second-order valence-corrected chi connectivity index (χ2v) is 10.8. The Morgan fingerprint density at radius 1 is 1.38 bits per heavy atom. The molecule has 0 spiro atoms. The van der Waals surface area contributed by atoms with E-state index in [-0.39, 0.29) is 16.7 Å². The number of aryl methyl sites for hydroxylation is 2. The highest BCUT2D eigenvalue weighted by molar-refractivity contribution is 7.91. The number of amides is 1. The standard InChI is InChI=1S/C21H23FN4O4S2/c1-3-18-24-20(25-30-18)15-9-19(31-12-15)32(28,29)26-8-4-5-14(11-26)21(27)23-16-7-6-13(2)17(22)10-16/h6-7,9-10,12,14H,3-5,8,11H2,1-2H3,(H,23,27)/t14-/m0/s1. The predicted molar refractivity (Wildman–Crippen MR) is 118 cm³/mol. The van der Waals surface area contributed by atoms with Crippen LogP contribution in [0.4, 0.5) is 10.1 Å². The molecule has 8 nitrogen and oxygen atoms in total. The molecule has 1 amide bonds. The van der Waals surface area contributed by atoms with Crippen molar-refractivity contribution in [1.82, 2.24) is 14.4 Å². The summed E-state index contributed by atoms with van der Waals surface area (Å²) >= 11 is 1.08. The number of benzene rings is 1. The average Bonchev–Trinajstić information content (AvgIpc) is 3.46. The molecule has 1 atom stereocenters. The first kappa shape index (κ1) is 22.6. The highest BCUT2D eigenvalue weighted by atomic mass is 32.2. The summed E-state index contributed by atoms with van der Waals surface area (Å²) in [6.45, 7) is 3.93. The molecule has 3 heterocycles. The lowest BCUT2D eigenvalue weighted by Gasteiger charge is -2.30. The molecule has 2 aromatic heterocycles. The molecule has 3 aromatic rings. The van der Waals surface area contributed by atoms with Gasteiger partial charge in [-0.05, 0) is 43.5 Å². The molecule has 1 fully saturated rings. The maximum absolute atomic E-state index is 13.8. The van der Waals surface area contributed by atoms with Gasteiger partial charge in [0.2, 0.25) is 17.6 Å². The van der Waals surface area contributed by atoms with Crippen molar-refractivity contribution >= 4 is 33.0 Å². The van der Waals surface area contributed by atoms with Crippen LogP contribution in [0.5, 0.6) is 0 Å². The number of rotatable bonds is 6. The maximum Gasteiger partial charge on any atom is 0.252 e. The van der Waals surface area contributed by atoms with Crippen molar-refractivity contribution in [2.45, 2.75) is 37.3 Å². The van der Waals surface area contributed by atoms with Gasteiger partial charge in [0, 0.05) is 36.1 Å². The van der Waals surface area contributed by atoms with E-state index in [0.717, 1.165) is 11.3 Å². The van der Waals surface area contributed by atoms with Crippen LogP contribution in [-0.2, 0) is 21.2 Å². The van der Waals surface area contributed by atoms with Gasteiger partial charge in [-0.1, -0.05) is 18.1 Å². The Kier molecular flexibility index (Phi) is 6.40. The molecule has 0 bridgehead atoms. The minimum atomic E-state index is -3.77. The Balaban J connectivity index is 1.47. The third kappa shape index (κ3) is 4.59. The number of aromatic nitrogens is 2. The van der Waals surface area contributed by atoms with Crippen LogP contribution < -0.4 is 5.32 Å². The van der Waals surface area contributed by atoms with Crippen LogP contribution in [0, 0.1) is 18.7 Å². The van der Waals surface area contributed by atoms with Gasteiger partial charge in [-0.15, -0.1) is 11.3 Å². The smallest absolute Gasteiger partial charge is 0.252 e. The molecule has 32 heavy (non-hydrogen) atoms. The van der Waals surface area contributed by atoms with Gasteiger partial charge in [0.25, 0.3) is 10.0 Å². The summed E-state index contributed by atoms with van der Waals surface area (Å²) in [4.78, 5) is 16.9. The Morgan fingerprint density at radius 3 is 2.91 bits per heavy atom. The molecule has 1 aromatic carbocycles. The number of carbonyl (C=O) groups is 1. The van der Waals surface area contributed by atoms with E-state index in [2.05, 4.69) is 15.5 Å². The van der Waals surface area contributed by atoms with E-state index in [1.165, 1.54) is 16.4 Å². The van der Waals surface area contributed by atoms with Crippen LogP contribution in [-0.4, -0.2) is 41.9 Å². The molecule has 1 N–H and O–H groups in total.